The molecule has 2 heterocycles. The molecule has 2 aromatic rings. The van der Waals surface area contributed by atoms with Gasteiger partial charge in [-0.1, -0.05) is 48.5 Å². The first-order valence-corrected chi connectivity index (χ1v) is 9.55. The zero-order chi connectivity index (χ0) is 17.9. The number of hydrogen-bond donors (Lipinski definition) is 2. The lowest BCUT2D eigenvalue weighted by Gasteiger charge is -2.36. The molecule has 2 saturated heterocycles. The SMILES string of the molecule is O=C(OC1C[C@H]2CC[C@@H](C1)[NH+]2C[C@H](O)c1ccccc1)c1ccccc1. The van der Waals surface area contributed by atoms with Crippen molar-refractivity contribution in [3.8, 4) is 0 Å². The summed E-state index contributed by atoms with van der Waals surface area (Å²) in [5.41, 5.74) is 1.60. The second-order valence-electron chi connectivity index (χ2n) is 7.54. The summed E-state index contributed by atoms with van der Waals surface area (Å²) < 4.78 is 5.78. The van der Waals surface area contributed by atoms with Crippen LogP contribution in [0.3, 0.4) is 0 Å². The van der Waals surface area contributed by atoms with E-state index in [0.717, 1.165) is 37.8 Å². The molecule has 2 N–H and O–H groups in total. The molecule has 0 radical (unpaired) electrons. The number of hydrogen-bond acceptors (Lipinski definition) is 3. The third kappa shape index (κ3) is 3.67. The molecule has 0 amide bonds. The first-order valence-electron chi connectivity index (χ1n) is 9.55. The van der Waals surface area contributed by atoms with Crippen LogP contribution in [0.4, 0.5) is 0 Å². The number of aliphatic hydroxyl groups is 1. The van der Waals surface area contributed by atoms with Crippen LogP contribution >= 0.6 is 0 Å². The Morgan fingerprint density at radius 2 is 1.58 bits per heavy atom. The molecule has 0 aromatic heterocycles. The van der Waals surface area contributed by atoms with Crippen molar-refractivity contribution >= 4 is 5.97 Å². The van der Waals surface area contributed by atoms with Crippen LogP contribution in [-0.4, -0.2) is 35.8 Å². The Morgan fingerprint density at radius 1 is 1.00 bits per heavy atom. The highest BCUT2D eigenvalue weighted by Crippen LogP contribution is 2.26. The fourth-order valence-corrected chi connectivity index (χ4v) is 4.62. The summed E-state index contributed by atoms with van der Waals surface area (Å²) in [7, 11) is 0. The van der Waals surface area contributed by atoms with E-state index in [1.165, 1.54) is 4.90 Å². The van der Waals surface area contributed by atoms with Gasteiger partial charge in [-0.3, -0.25) is 0 Å². The number of piperidine rings is 1. The van der Waals surface area contributed by atoms with Crippen LogP contribution in [0.15, 0.2) is 60.7 Å². The molecule has 2 aromatic carbocycles. The fraction of sp³-hybridized carbons (Fsp3) is 0.409. The van der Waals surface area contributed by atoms with Gasteiger partial charge in [-0.25, -0.2) is 4.79 Å². The first kappa shape index (κ1) is 17.3. The average Bonchev–Trinajstić information content (AvgIpc) is 2.91. The summed E-state index contributed by atoms with van der Waals surface area (Å²) in [5, 5.41) is 10.6. The van der Waals surface area contributed by atoms with Gasteiger partial charge in [0.25, 0.3) is 0 Å². The number of carbonyl (C=O) groups is 1. The molecule has 0 aliphatic carbocycles. The predicted octanol–water partition coefficient (Wildman–Crippen LogP) is 2.16. The van der Waals surface area contributed by atoms with Crippen molar-refractivity contribution in [1.82, 2.24) is 0 Å². The van der Waals surface area contributed by atoms with E-state index in [1.54, 1.807) is 12.1 Å². The lowest BCUT2D eigenvalue weighted by Crippen LogP contribution is -3.18. The molecule has 4 heteroatoms. The Kier molecular flexibility index (Phi) is 5.05. The normalized spacial score (nSPS) is 28.5. The van der Waals surface area contributed by atoms with Gasteiger partial charge in [0.15, 0.2) is 0 Å². The molecule has 26 heavy (non-hydrogen) atoms. The summed E-state index contributed by atoms with van der Waals surface area (Å²) >= 11 is 0. The molecule has 5 atom stereocenters. The van der Waals surface area contributed by atoms with Crippen molar-refractivity contribution in [1.29, 1.82) is 0 Å². The quantitative estimate of drug-likeness (QED) is 0.811. The van der Waals surface area contributed by atoms with E-state index in [1.807, 2.05) is 48.5 Å². The van der Waals surface area contributed by atoms with E-state index < -0.39 is 6.10 Å². The summed E-state index contributed by atoms with van der Waals surface area (Å²) in [6, 6.07) is 20.0. The lowest BCUT2D eigenvalue weighted by atomic mass is 9.98. The van der Waals surface area contributed by atoms with Crippen molar-refractivity contribution < 1.29 is 19.5 Å². The molecule has 2 aliphatic rings. The summed E-state index contributed by atoms with van der Waals surface area (Å²) in [4.78, 5) is 13.8. The van der Waals surface area contributed by atoms with Crippen molar-refractivity contribution in [2.24, 2.45) is 0 Å². The number of rotatable bonds is 5. The standard InChI is InChI=1S/C22H25NO3/c24-21(16-7-3-1-4-8-16)15-23-18-11-12-19(23)14-20(13-18)26-22(25)17-9-5-2-6-10-17/h1-10,18-21,24H,11-15H2/p+1/t18-,19+,20?,21-/m0/s1. The van der Waals surface area contributed by atoms with Gasteiger partial charge in [0.1, 0.15) is 18.8 Å². The minimum atomic E-state index is -0.433. The Balaban J connectivity index is 1.36. The Bertz CT molecular complexity index is 720. The van der Waals surface area contributed by atoms with E-state index in [0.29, 0.717) is 17.6 Å². The van der Waals surface area contributed by atoms with Crippen LogP contribution < -0.4 is 4.90 Å². The van der Waals surface area contributed by atoms with E-state index in [9.17, 15) is 9.90 Å². The molecular formula is C22H26NO3+. The van der Waals surface area contributed by atoms with Crippen LogP contribution in [0.5, 0.6) is 0 Å². The second kappa shape index (κ2) is 7.60. The summed E-state index contributed by atoms with van der Waals surface area (Å²) in [6.07, 6.45) is 3.66. The molecule has 2 bridgehead atoms. The zero-order valence-corrected chi connectivity index (χ0v) is 14.9. The van der Waals surface area contributed by atoms with E-state index in [2.05, 4.69) is 0 Å². The van der Waals surface area contributed by atoms with Gasteiger partial charge >= 0.3 is 5.97 Å². The molecule has 4 rings (SSSR count). The number of carbonyl (C=O) groups excluding carboxylic acids is 1. The van der Waals surface area contributed by atoms with Gasteiger partial charge in [-0.05, 0) is 17.7 Å². The Hall–Kier alpha value is -2.17. The highest BCUT2D eigenvalue weighted by atomic mass is 16.5. The lowest BCUT2D eigenvalue weighted by molar-refractivity contribution is -0.945. The number of fused-ring (bicyclic) bond motifs is 2. The monoisotopic (exact) mass is 352 g/mol. The number of ether oxygens (including phenoxy) is 1. The van der Waals surface area contributed by atoms with Crippen molar-refractivity contribution in [3.63, 3.8) is 0 Å². The van der Waals surface area contributed by atoms with Crippen LogP contribution in [-0.2, 0) is 4.74 Å². The number of aliphatic hydroxyl groups excluding tert-OH is 1. The highest BCUT2D eigenvalue weighted by molar-refractivity contribution is 5.89. The maximum absolute atomic E-state index is 12.3. The number of quaternary nitrogens is 1. The summed E-state index contributed by atoms with van der Waals surface area (Å²) in [5.74, 6) is -0.220. The van der Waals surface area contributed by atoms with Gasteiger partial charge in [0.05, 0.1) is 17.6 Å². The average molecular weight is 352 g/mol. The van der Waals surface area contributed by atoms with Crippen molar-refractivity contribution in [2.45, 2.75) is 50.0 Å². The third-order valence-electron chi connectivity index (χ3n) is 5.90. The van der Waals surface area contributed by atoms with E-state index in [4.69, 9.17) is 4.74 Å². The smallest absolute Gasteiger partial charge is 0.338 e. The molecule has 0 saturated carbocycles. The van der Waals surface area contributed by atoms with Gasteiger partial charge in [-0.15, -0.1) is 0 Å². The fourth-order valence-electron chi connectivity index (χ4n) is 4.62. The predicted molar refractivity (Wildman–Crippen MR) is 98.9 cm³/mol. The summed E-state index contributed by atoms with van der Waals surface area (Å²) in [6.45, 7) is 0.735. The van der Waals surface area contributed by atoms with Crippen LogP contribution in [0, 0.1) is 0 Å². The van der Waals surface area contributed by atoms with Crippen LogP contribution in [0.1, 0.15) is 47.7 Å². The third-order valence-corrected chi connectivity index (χ3v) is 5.90. The number of esters is 1. The maximum atomic E-state index is 12.3. The molecule has 136 valence electrons. The maximum Gasteiger partial charge on any atom is 0.338 e. The minimum Gasteiger partial charge on any atom is -0.458 e. The van der Waals surface area contributed by atoms with E-state index >= 15 is 0 Å². The Morgan fingerprint density at radius 3 is 2.19 bits per heavy atom. The minimum absolute atomic E-state index is 0.00201. The zero-order valence-electron chi connectivity index (χ0n) is 14.9. The largest absolute Gasteiger partial charge is 0.458 e. The second-order valence-corrected chi connectivity index (χ2v) is 7.54. The highest BCUT2D eigenvalue weighted by Gasteiger charge is 2.46. The van der Waals surface area contributed by atoms with Crippen molar-refractivity contribution in [3.05, 3.63) is 71.8 Å². The van der Waals surface area contributed by atoms with Gasteiger partial charge in [-0.2, -0.15) is 0 Å². The van der Waals surface area contributed by atoms with Crippen LogP contribution in [0.25, 0.3) is 0 Å². The first-order chi connectivity index (χ1) is 12.7. The molecule has 2 aliphatic heterocycles. The van der Waals surface area contributed by atoms with Gasteiger partial charge in [0.2, 0.25) is 0 Å². The van der Waals surface area contributed by atoms with Crippen LogP contribution in [0.2, 0.25) is 0 Å². The molecule has 2 fully saturated rings. The van der Waals surface area contributed by atoms with Crippen molar-refractivity contribution in [2.75, 3.05) is 6.54 Å². The Labute approximate surface area is 154 Å². The number of benzene rings is 2. The molecule has 2 unspecified atom stereocenters. The number of nitrogens with one attached hydrogen (secondary N) is 1. The van der Waals surface area contributed by atoms with E-state index in [-0.39, 0.29) is 12.1 Å². The van der Waals surface area contributed by atoms with Gasteiger partial charge < -0.3 is 14.7 Å². The van der Waals surface area contributed by atoms with Gasteiger partial charge in [0, 0.05) is 25.7 Å². The topological polar surface area (TPSA) is 51.0 Å². The molecule has 4 nitrogen and oxygen atoms in total. The molecular weight excluding hydrogens is 326 g/mol. The molecule has 0 spiro atoms.